The Morgan fingerprint density at radius 1 is 1.42 bits per heavy atom. The van der Waals surface area contributed by atoms with Crippen LogP contribution in [-0.2, 0) is 17.1 Å². The predicted molar refractivity (Wildman–Crippen MR) is 79.2 cm³/mol. The summed E-state index contributed by atoms with van der Waals surface area (Å²) in [5.41, 5.74) is 1.56. The highest BCUT2D eigenvalue weighted by Crippen LogP contribution is 2.29. The van der Waals surface area contributed by atoms with Crippen LogP contribution in [0.1, 0.15) is 12.2 Å². The molecule has 2 rings (SSSR count). The summed E-state index contributed by atoms with van der Waals surface area (Å²) in [6, 6.07) is 3.44. The monoisotopic (exact) mass is 318 g/mol. The first-order valence-electron chi connectivity index (χ1n) is 5.58. The van der Waals surface area contributed by atoms with Crippen LogP contribution in [0.25, 0.3) is 11.0 Å². The summed E-state index contributed by atoms with van der Waals surface area (Å²) < 4.78 is 1.89. The summed E-state index contributed by atoms with van der Waals surface area (Å²) in [4.78, 5) is 15.2. The standard InChI is InChI=1S/C12H12Cl2N2O2S/c1-19-6-11-15-9-4-7(13)8(14)5-10(9)16(11)3-2-12(17)18/h4-5H,2-3,6H2,1H3,(H,17,18). The number of nitrogens with zero attached hydrogens (tertiary/aromatic N) is 2. The number of hydrogen-bond acceptors (Lipinski definition) is 3. The van der Waals surface area contributed by atoms with Crippen LogP contribution in [0.5, 0.6) is 0 Å². The molecule has 1 heterocycles. The lowest BCUT2D eigenvalue weighted by Gasteiger charge is -2.07. The van der Waals surface area contributed by atoms with Crippen molar-refractivity contribution in [1.29, 1.82) is 0 Å². The molecule has 0 radical (unpaired) electrons. The van der Waals surface area contributed by atoms with Gasteiger partial charge in [0.2, 0.25) is 0 Å². The first-order chi connectivity index (χ1) is 9.02. The molecule has 0 fully saturated rings. The smallest absolute Gasteiger partial charge is 0.305 e. The van der Waals surface area contributed by atoms with Crippen molar-refractivity contribution in [2.75, 3.05) is 6.26 Å². The van der Waals surface area contributed by atoms with Crippen molar-refractivity contribution in [3.8, 4) is 0 Å². The third-order valence-corrected chi connectivity index (χ3v) is 3.96. The van der Waals surface area contributed by atoms with Gasteiger partial charge < -0.3 is 9.67 Å². The van der Waals surface area contributed by atoms with E-state index in [-0.39, 0.29) is 6.42 Å². The van der Waals surface area contributed by atoms with E-state index >= 15 is 0 Å². The highest BCUT2D eigenvalue weighted by atomic mass is 35.5. The Balaban J connectivity index is 2.51. The maximum absolute atomic E-state index is 10.7. The topological polar surface area (TPSA) is 55.1 Å². The minimum Gasteiger partial charge on any atom is -0.481 e. The summed E-state index contributed by atoms with van der Waals surface area (Å²) in [7, 11) is 0. The largest absolute Gasteiger partial charge is 0.481 e. The van der Waals surface area contributed by atoms with Gasteiger partial charge in [-0.1, -0.05) is 23.2 Å². The van der Waals surface area contributed by atoms with Gasteiger partial charge in [0.25, 0.3) is 0 Å². The van der Waals surface area contributed by atoms with Crippen molar-refractivity contribution >= 4 is 52.0 Å². The average Bonchev–Trinajstić information content (AvgIpc) is 2.65. The lowest BCUT2D eigenvalue weighted by Crippen LogP contribution is -2.07. The van der Waals surface area contributed by atoms with Gasteiger partial charge in [-0.15, -0.1) is 0 Å². The van der Waals surface area contributed by atoms with E-state index in [2.05, 4.69) is 4.98 Å². The second kappa shape index (κ2) is 6.03. The van der Waals surface area contributed by atoms with Crippen molar-refractivity contribution < 1.29 is 9.90 Å². The highest BCUT2D eigenvalue weighted by Gasteiger charge is 2.13. The number of fused-ring (bicyclic) bond motifs is 1. The second-order valence-electron chi connectivity index (χ2n) is 4.01. The van der Waals surface area contributed by atoms with E-state index in [1.165, 1.54) is 0 Å². The third kappa shape index (κ3) is 3.16. The fourth-order valence-electron chi connectivity index (χ4n) is 1.87. The molecule has 102 valence electrons. The van der Waals surface area contributed by atoms with Crippen LogP contribution in [0.2, 0.25) is 10.0 Å². The highest BCUT2D eigenvalue weighted by molar-refractivity contribution is 7.97. The van der Waals surface area contributed by atoms with Crippen LogP contribution in [-0.4, -0.2) is 26.9 Å². The molecule has 0 unspecified atom stereocenters. The second-order valence-corrected chi connectivity index (χ2v) is 5.69. The molecule has 1 aromatic carbocycles. The Hall–Kier alpha value is -0.910. The molecule has 7 heteroatoms. The Morgan fingerprint density at radius 3 is 2.74 bits per heavy atom. The van der Waals surface area contributed by atoms with Gasteiger partial charge in [0.05, 0.1) is 33.3 Å². The van der Waals surface area contributed by atoms with Crippen LogP contribution in [0.4, 0.5) is 0 Å². The summed E-state index contributed by atoms with van der Waals surface area (Å²) >= 11 is 13.6. The molecule has 0 amide bonds. The van der Waals surface area contributed by atoms with Crippen molar-refractivity contribution in [3.05, 3.63) is 28.0 Å². The number of thioether (sulfide) groups is 1. The van der Waals surface area contributed by atoms with Crippen LogP contribution >= 0.6 is 35.0 Å². The van der Waals surface area contributed by atoms with E-state index < -0.39 is 5.97 Å². The van der Waals surface area contributed by atoms with Gasteiger partial charge in [0, 0.05) is 6.54 Å². The SMILES string of the molecule is CSCc1nc2cc(Cl)c(Cl)cc2n1CCC(=O)O. The molecule has 0 spiro atoms. The molecule has 2 aromatic rings. The number of aliphatic carboxylic acids is 1. The minimum absolute atomic E-state index is 0.0487. The normalized spacial score (nSPS) is 11.1. The number of benzene rings is 1. The van der Waals surface area contributed by atoms with Crippen molar-refractivity contribution in [2.45, 2.75) is 18.7 Å². The Bertz CT molecular complexity index is 628. The number of rotatable bonds is 5. The summed E-state index contributed by atoms with van der Waals surface area (Å²) in [6.45, 7) is 0.375. The van der Waals surface area contributed by atoms with Gasteiger partial charge in [-0.05, 0) is 18.4 Å². The molecule has 0 saturated carbocycles. The van der Waals surface area contributed by atoms with Crippen molar-refractivity contribution in [3.63, 3.8) is 0 Å². The molecule has 19 heavy (non-hydrogen) atoms. The number of carboxylic acids is 1. The number of carboxylic acid groups (broad SMARTS) is 1. The number of aromatic nitrogens is 2. The number of hydrogen-bond donors (Lipinski definition) is 1. The molecular formula is C12H12Cl2N2O2S. The van der Waals surface area contributed by atoms with Crippen LogP contribution < -0.4 is 0 Å². The van der Waals surface area contributed by atoms with Crippen LogP contribution in [0.3, 0.4) is 0 Å². The zero-order valence-electron chi connectivity index (χ0n) is 10.2. The molecule has 0 atom stereocenters. The number of imidazole rings is 1. The van der Waals surface area contributed by atoms with Crippen molar-refractivity contribution in [2.24, 2.45) is 0 Å². The maximum atomic E-state index is 10.7. The Kier molecular flexibility index (Phi) is 4.60. The predicted octanol–water partition coefficient (Wildman–Crippen LogP) is 3.68. The lowest BCUT2D eigenvalue weighted by molar-refractivity contribution is -0.137. The molecule has 1 N–H and O–H groups in total. The zero-order valence-corrected chi connectivity index (χ0v) is 12.5. The molecule has 0 aliphatic heterocycles. The third-order valence-electron chi connectivity index (χ3n) is 2.69. The molecule has 0 bridgehead atoms. The quantitative estimate of drug-likeness (QED) is 0.913. The van der Waals surface area contributed by atoms with E-state index in [1.807, 2.05) is 10.8 Å². The van der Waals surface area contributed by atoms with Crippen LogP contribution in [0, 0.1) is 0 Å². The molecule has 4 nitrogen and oxygen atoms in total. The Morgan fingerprint density at radius 2 is 2.11 bits per heavy atom. The minimum atomic E-state index is -0.836. The summed E-state index contributed by atoms with van der Waals surface area (Å²) in [5, 5.41) is 9.72. The van der Waals surface area contributed by atoms with Gasteiger partial charge in [-0.25, -0.2) is 4.98 Å². The van der Waals surface area contributed by atoms with Gasteiger partial charge in [-0.2, -0.15) is 11.8 Å². The fraction of sp³-hybridized carbons (Fsp3) is 0.333. The summed E-state index contributed by atoms with van der Waals surface area (Å²) in [5.74, 6) is 0.711. The fourth-order valence-corrected chi connectivity index (χ4v) is 2.66. The van der Waals surface area contributed by atoms with E-state index in [9.17, 15) is 4.79 Å². The number of aryl methyl sites for hydroxylation is 1. The van der Waals surface area contributed by atoms with Crippen LogP contribution in [0.15, 0.2) is 12.1 Å². The average molecular weight is 319 g/mol. The molecule has 0 aliphatic carbocycles. The van der Waals surface area contributed by atoms with Gasteiger partial charge >= 0.3 is 5.97 Å². The molecule has 1 aromatic heterocycles. The van der Waals surface area contributed by atoms with Crippen molar-refractivity contribution in [1.82, 2.24) is 9.55 Å². The van der Waals surface area contributed by atoms with E-state index in [1.54, 1.807) is 23.9 Å². The van der Waals surface area contributed by atoms with Gasteiger partial charge in [0.15, 0.2) is 0 Å². The maximum Gasteiger partial charge on any atom is 0.305 e. The molecular weight excluding hydrogens is 307 g/mol. The first kappa shape index (κ1) is 14.5. The molecule has 0 aliphatic rings. The zero-order chi connectivity index (χ0) is 14.0. The van der Waals surface area contributed by atoms with Gasteiger partial charge in [0.1, 0.15) is 5.82 Å². The summed E-state index contributed by atoms with van der Waals surface area (Å²) in [6.07, 6.45) is 2.02. The van der Waals surface area contributed by atoms with E-state index in [0.29, 0.717) is 22.3 Å². The number of halogens is 2. The lowest BCUT2D eigenvalue weighted by atomic mass is 10.3. The van der Waals surface area contributed by atoms with E-state index in [4.69, 9.17) is 28.3 Å². The molecule has 0 saturated heterocycles. The number of carbonyl (C=O) groups is 1. The Labute approximate surface area is 124 Å². The first-order valence-corrected chi connectivity index (χ1v) is 7.72. The van der Waals surface area contributed by atoms with E-state index in [0.717, 1.165) is 16.9 Å². The van der Waals surface area contributed by atoms with Gasteiger partial charge in [-0.3, -0.25) is 4.79 Å².